The second-order valence-electron chi connectivity index (χ2n) is 16.8. The third-order valence-corrected chi connectivity index (χ3v) is 17.6. The summed E-state index contributed by atoms with van der Waals surface area (Å²) in [5, 5.41) is 11.1. The second-order valence-corrected chi connectivity index (χ2v) is 22.3. The third kappa shape index (κ3) is 24.9. The zero-order valence-electron chi connectivity index (χ0n) is 47.4. The Kier molecular flexibility index (Phi) is 32.0. The lowest BCUT2D eigenvalue weighted by Gasteiger charge is -2.28. The molecule has 1 amide bonds. The Morgan fingerprint density at radius 3 is 1.52 bits per heavy atom. The fourth-order valence-corrected chi connectivity index (χ4v) is 12.8. The van der Waals surface area contributed by atoms with Crippen LogP contribution in [0.25, 0.3) is 0 Å². The molecule has 79 heavy (non-hydrogen) atoms. The minimum absolute atomic E-state index is 0.0760. The Hall–Kier alpha value is -6.76. The number of rotatable bonds is 32. The van der Waals surface area contributed by atoms with Gasteiger partial charge in [-0.3, -0.25) is 4.99 Å². The number of carbonyl (C=O) groups excluding carboxylic acids is 3. The van der Waals surface area contributed by atoms with Crippen molar-refractivity contribution in [1.82, 2.24) is 5.32 Å². The first-order valence-electron chi connectivity index (χ1n) is 26.9. The molecule has 0 heterocycles. The van der Waals surface area contributed by atoms with Gasteiger partial charge in [-0.05, 0) is 140 Å². The number of hydrogen-bond donors (Lipinski definition) is 2. The Balaban J connectivity index is 0.000000357. The number of alkyl carbamates (subject to hydrolysis) is 1. The van der Waals surface area contributed by atoms with E-state index in [4.69, 9.17) is 50.6 Å². The Morgan fingerprint density at radius 2 is 1.04 bits per heavy atom. The summed E-state index contributed by atoms with van der Waals surface area (Å²) < 4.78 is 56.4. The molecule has 0 aliphatic carbocycles. The van der Waals surface area contributed by atoms with E-state index in [2.05, 4.69) is 29.1 Å². The number of aliphatic imine (C=N–C) groups is 1. The number of hydrogen-bond acceptors (Lipinski definition) is 16. The zero-order valence-corrected chi connectivity index (χ0v) is 49.4. The van der Waals surface area contributed by atoms with Crippen LogP contribution in [0, 0.1) is 0 Å². The van der Waals surface area contributed by atoms with Gasteiger partial charge in [0.1, 0.15) is 23.9 Å². The Morgan fingerprint density at radius 1 is 0.557 bits per heavy atom. The lowest BCUT2D eigenvalue weighted by Crippen LogP contribution is -2.46. The van der Waals surface area contributed by atoms with E-state index in [0.29, 0.717) is 99.1 Å². The quantitative estimate of drug-likeness (QED) is 0.0135. The molecule has 0 unspecified atom stereocenters. The molecule has 0 fully saturated rings. The van der Waals surface area contributed by atoms with Crippen LogP contribution in [0.4, 0.5) is 10.5 Å². The average molecular weight is 1130 g/mol. The predicted molar refractivity (Wildman–Crippen MR) is 310 cm³/mol. The molecular weight excluding hydrogens is 1050 g/mol. The monoisotopic (exact) mass is 1130 g/mol. The maximum Gasteiger partial charge on any atom is 0.500 e. The first kappa shape index (κ1) is 66.5. The first-order chi connectivity index (χ1) is 38.3. The third-order valence-electron chi connectivity index (χ3n) is 11.3. The number of ether oxygens (including phenoxy) is 4. The number of methoxy groups -OCH3 is 1. The van der Waals surface area contributed by atoms with Crippen LogP contribution in [0.1, 0.15) is 110 Å². The van der Waals surface area contributed by atoms with Crippen molar-refractivity contribution < 1.29 is 69.8 Å². The number of amides is 1. The van der Waals surface area contributed by atoms with Gasteiger partial charge < -0.3 is 60.8 Å². The highest BCUT2D eigenvalue weighted by molar-refractivity contribution is 6.61. The molecule has 18 nitrogen and oxygen atoms in total. The smallest absolute Gasteiger partial charge is 0.497 e. The zero-order chi connectivity index (χ0) is 57.7. The van der Waals surface area contributed by atoms with E-state index >= 15 is 0 Å². The summed E-state index contributed by atoms with van der Waals surface area (Å²) >= 11 is 0. The van der Waals surface area contributed by atoms with E-state index in [1.165, 1.54) is 0 Å². The van der Waals surface area contributed by atoms with Crippen molar-refractivity contribution in [2.75, 3.05) is 77.8 Å². The number of benzene rings is 5. The maximum atomic E-state index is 12.6. The summed E-state index contributed by atoms with van der Waals surface area (Å²) in [5.74, 6) is -0.225. The van der Waals surface area contributed by atoms with Crippen LogP contribution in [0.15, 0.2) is 132 Å². The topological polar surface area (TPSA) is 208 Å². The van der Waals surface area contributed by atoms with Crippen molar-refractivity contribution >= 4 is 53.5 Å². The van der Waals surface area contributed by atoms with Gasteiger partial charge in [0, 0.05) is 102 Å². The van der Waals surface area contributed by atoms with Crippen molar-refractivity contribution in [2.24, 2.45) is 4.99 Å². The van der Waals surface area contributed by atoms with Crippen LogP contribution in [-0.4, -0.2) is 126 Å². The summed E-state index contributed by atoms with van der Waals surface area (Å²) in [6, 6.07) is 38.0. The second kappa shape index (κ2) is 38.0. The minimum atomic E-state index is -2.72. The first-order valence-corrected chi connectivity index (χ1v) is 30.8. The van der Waals surface area contributed by atoms with Crippen LogP contribution in [0.5, 0.6) is 17.2 Å². The summed E-state index contributed by atoms with van der Waals surface area (Å²) in [7, 11) is -3.80. The van der Waals surface area contributed by atoms with E-state index in [1.54, 1.807) is 104 Å². The standard InChI is InChI=1S/C27H40N2O5Si.C25H35NO8Si.C7H6O2/c1-6-29(7-2)25-13-11-14-26(21-25)34-27(30)24-17-15-23(16-18-24)22-28-19-12-20-35(31-8-3,32-9-4)33-10-5;1-5-31-35(32-6-2,33-7-3)17-9-16-26-25(28)30-19-20-12-14-21(15-13-20)24(27)34-23-11-8-10-22(18-23)29-4;8-7(9)6-4-2-1-3-5-6/h11,13-18,21-22H,6-10,12,19-20H2,1-5H3;8,10-15,18H,5-7,9,16-17,19H2,1-4H3,(H,26,28);1-5H,(H,8,9). The lowest BCUT2D eigenvalue weighted by atomic mass is 10.1. The van der Waals surface area contributed by atoms with Gasteiger partial charge >= 0.3 is 41.6 Å². The molecule has 2 N–H and O–H groups in total. The van der Waals surface area contributed by atoms with Crippen LogP contribution in [0.3, 0.4) is 0 Å². The van der Waals surface area contributed by atoms with Crippen LogP contribution in [-0.2, 0) is 37.9 Å². The fourth-order valence-electron chi connectivity index (χ4n) is 7.61. The van der Waals surface area contributed by atoms with Crippen molar-refractivity contribution in [2.45, 2.75) is 86.9 Å². The van der Waals surface area contributed by atoms with Gasteiger partial charge in [-0.1, -0.05) is 54.6 Å². The minimum Gasteiger partial charge on any atom is -0.497 e. The van der Waals surface area contributed by atoms with Crippen LogP contribution in [0.2, 0.25) is 12.1 Å². The molecular formula is C59H81N3O15Si2. The van der Waals surface area contributed by atoms with E-state index in [-0.39, 0.29) is 12.6 Å². The molecule has 5 aromatic rings. The summed E-state index contributed by atoms with van der Waals surface area (Å²) in [6.07, 6.45) is 2.75. The van der Waals surface area contributed by atoms with Gasteiger partial charge in [-0.2, -0.15) is 0 Å². The summed E-state index contributed by atoms with van der Waals surface area (Å²) in [6.45, 7) is 22.0. The van der Waals surface area contributed by atoms with Crippen molar-refractivity contribution in [3.8, 4) is 17.2 Å². The van der Waals surface area contributed by atoms with Gasteiger partial charge in [-0.15, -0.1) is 0 Å². The van der Waals surface area contributed by atoms with Crippen molar-refractivity contribution in [3.63, 3.8) is 0 Å². The SMILES string of the molecule is CCO[Si](CCCN=Cc1ccc(C(=O)Oc2cccc(N(CC)CC)c2)cc1)(OCC)OCC.CCO[Si](CCCNC(=O)OCc1ccc(C(=O)Oc2cccc(OC)c2)cc1)(OCC)OCC.O=C(O)c1ccccc1. The summed E-state index contributed by atoms with van der Waals surface area (Å²) in [5.41, 5.74) is 3.91. The molecule has 0 spiro atoms. The molecule has 0 saturated carbocycles. The molecule has 0 aliphatic heterocycles. The largest absolute Gasteiger partial charge is 0.500 e. The molecule has 0 bridgehead atoms. The number of nitrogens with one attached hydrogen (secondary N) is 1. The van der Waals surface area contributed by atoms with Crippen molar-refractivity contribution in [3.05, 3.63) is 155 Å². The van der Waals surface area contributed by atoms with Gasteiger partial charge in [0.15, 0.2) is 0 Å². The van der Waals surface area contributed by atoms with Gasteiger partial charge in [0.2, 0.25) is 0 Å². The predicted octanol–water partition coefficient (Wildman–Crippen LogP) is 11.6. The number of aromatic carboxylic acids is 1. The Labute approximate surface area is 469 Å². The molecule has 0 aromatic heterocycles. The van der Waals surface area contributed by atoms with E-state index in [1.807, 2.05) is 78.1 Å². The highest BCUT2D eigenvalue weighted by atomic mass is 28.4. The van der Waals surface area contributed by atoms with Crippen LogP contribution >= 0.6 is 0 Å². The van der Waals surface area contributed by atoms with Gasteiger partial charge in [-0.25, -0.2) is 19.2 Å². The number of anilines is 1. The van der Waals surface area contributed by atoms with Gasteiger partial charge in [0.05, 0.1) is 23.8 Å². The number of carboxylic acids is 1. The number of carbonyl (C=O) groups is 4. The Bertz CT molecular complexity index is 2520. The molecule has 430 valence electrons. The lowest BCUT2D eigenvalue weighted by molar-refractivity contribution is 0.0689. The molecule has 0 aliphatic rings. The van der Waals surface area contributed by atoms with E-state index in [9.17, 15) is 19.2 Å². The highest BCUT2D eigenvalue weighted by Gasteiger charge is 2.40. The van der Waals surface area contributed by atoms with E-state index < -0.39 is 35.6 Å². The van der Waals surface area contributed by atoms with Crippen LogP contribution < -0.4 is 24.4 Å². The molecule has 0 radical (unpaired) electrons. The molecule has 5 rings (SSSR count). The number of nitrogens with zero attached hydrogens (tertiary/aromatic N) is 2. The fraction of sp³-hybridized carbons (Fsp3) is 0.407. The van der Waals surface area contributed by atoms with Crippen molar-refractivity contribution in [1.29, 1.82) is 0 Å². The average Bonchev–Trinajstić information content (AvgIpc) is 3.46. The summed E-state index contributed by atoms with van der Waals surface area (Å²) in [4.78, 5) is 53.9. The van der Waals surface area contributed by atoms with Gasteiger partial charge in [0.25, 0.3) is 0 Å². The molecule has 0 saturated heterocycles. The molecule has 0 atom stereocenters. The normalized spacial score (nSPS) is 11.1. The molecule has 20 heteroatoms. The number of esters is 2. The number of carboxylic acid groups (broad SMARTS) is 1. The molecule has 5 aromatic carbocycles. The van der Waals surface area contributed by atoms with E-state index in [0.717, 1.165) is 42.4 Å². The maximum absolute atomic E-state index is 12.6. The highest BCUT2D eigenvalue weighted by Crippen LogP contribution is 2.24.